The lowest BCUT2D eigenvalue weighted by atomic mass is 9.74. The van der Waals surface area contributed by atoms with Crippen LogP contribution in [0.4, 0.5) is 0 Å². The Morgan fingerprint density at radius 2 is 2.09 bits per heavy atom. The molecule has 2 atom stereocenters. The summed E-state index contributed by atoms with van der Waals surface area (Å²) in [5.41, 5.74) is 2.92. The highest BCUT2D eigenvalue weighted by molar-refractivity contribution is 5.31. The minimum Gasteiger partial charge on any atom is -0.377 e. The number of nitrogens with zero attached hydrogens (tertiary/aromatic N) is 3. The molecule has 1 saturated carbocycles. The van der Waals surface area contributed by atoms with Crippen molar-refractivity contribution in [1.82, 2.24) is 20.3 Å². The number of rotatable bonds is 4. The minimum atomic E-state index is 0.264. The summed E-state index contributed by atoms with van der Waals surface area (Å²) in [6, 6.07) is 9.93. The molecule has 0 bridgehead atoms. The Bertz CT molecular complexity index is 621. The Morgan fingerprint density at radius 1 is 1.23 bits per heavy atom. The van der Waals surface area contributed by atoms with Crippen molar-refractivity contribution >= 4 is 0 Å². The Morgan fingerprint density at radius 3 is 2.86 bits per heavy atom. The number of aryl methyl sites for hydroxylation is 1. The molecule has 5 nitrogen and oxygen atoms in total. The molecule has 2 aliphatic rings. The van der Waals surface area contributed by atoms with E-state index in [4.69, 9.17) is 4.74 Å². The molecular weight excluding hydrogens is 276 g/mol. The molecule has 0 amide bonds. The monoisotopic (exact) mass is 298 g/mol. The maximum absolute atomic E-state index is 5.64. The molecule has 1 aromatic heterocycles. The van der Waals surface area contributed by atoms with Gasteiger partial charge in [0.15, 0.2) is 0 Å². The van der Waals surface area contributed by atoms with E-state index in [2.05, 4.69) is 46.8 Å². The lowest BCUT2D eigenvalue weighted by Crippen LogP contribution is -2.48. The molecule has 2 fully saturated rings. The topological polar surface area (TPSA) is 52.0 Å². The zero-order chi connectivity index (χ0) is 14.9. The molecule has 22 heavy (non-hydrogen) atoms. The van der Waals surface area contributed by atoms with Gasteiger partial charge in [0, 0.05) is 12.2 Å². The molecule has 116 valence electrons. The van der Waals surface area contributed by atoms with Gasteiger partial charge in [0.1, 0.15) is 0 Å². The second-order valence-corrected chi connectivity index (χ2v) is 6.48. The van der Waals surface area contributed by atoms with Gasteiger partial charge in [-0.1, -0.05) is 29.5 Å². The summed E-state index contributed by atoms with van der Waals surface area (Å²) < 4.78 is 7.56. The van der Waals surface area contributed by atoms with Crippen LogP contribution in [0.5, 0.6) is 0 Å². The predicted octanol–water partition coefficient (Wildman–Crippen LogP) is 2.06. The third-order valence-electron chi connectivity index (χ3n) is 5.05. The van der Waals surface area contributed by atoms with Crippen molar-refractivity contribution in [2.75, 3.05) is 13.2 Å². The molecule has 0 unspecified atom stereocenters. The van der Waals surface area contributed by atoms with E-state index in [0.29, 0.717) is 18.0 Å². The van der Waals surface area contributed by atoms with Crippen LogP contribution in [0, 0.1) is 6.92 Å². The Balaban J connectivity index is 1.35. The van der Waals surface area contributed by atoms with Crippen molar-refractivity contribution in [3.63, 3.8) is 0 Å². The van der Waals surface area contributed by atoms with Crippen molar-refractivity contribution in [2.45, 2.75) is 43.8 Å². The molecule has 1 saturated heterocycles. The van der Waals surface area contributed by atoms with Gasteiger partial charge < -0.3 is 10.1 Å². The van der Waals surface area contributed by atoms with Crippen LogP contribution < -0.4 is 5.32 Å². The van der Waals surface area contributed by atoms with E-state index in [1.807, 2.05) is 10.9 Å². The molecule has 5 heteroatoms. The number of hydrogen-bond donors (Lipinski definition) is 1. The van der Waals surface area contributed by atoms with Gasteiger partial charge in [-0.05, 0) is 36.8 Å². The van der Waals surface area contributed by atoms with Crippen LogP contribution in [-0.2, 0) is 4.74 Å². The highest BCUT2D eigenvalue weighted by atomic mass is 16.5. The fourth-order valence-electron chi connectivity index (χ4n) is 3.71. The van der Waals surface area contributed by atoms with Crippen molar-refractivity contribution < 1.29 is 4.74 Å². The Hall–Kier alpha value is -1.72. The van der Waals surface area contributed by atoms with Crippen molar-refractivity contribution in [2.24, 2.45) is 0 Å². The summed E-state index contributed by atoms with van der Waals surface area (Å²) in [5.74, 6) is 0.700. The van der Waals surface area contributed by atoms with E-state index in [9.17, 15) is 0 Å². The van der Waals surface area contributed by atoms with Crippen molar-refractivity contribution in [3.05, 3.63) is 47.8 Å². The lowest BCUT2D eigenvalue weighted by Gasteiger charge is -2.39. The van der Waals surface area contributed by atoms with Crippen LogP contribution >= 0.6 is 0 Å². The SMILES string of the molecule is Cc1ccccc1C1CC(N[C@H]2COC[C@H]2n2ccnn2)C1. The molecule has 0 radical (unpaired) electrons. The van der Waals surface area contributed by atoms with Gasteiger partial charge in [-0.25, -0.2) is 4.68 Å². The number of aromatic nitrogens is 3. The van der Waals surface area contributed by atoms with E-state index in [1.165, 1.54) is 24.0 Å². The normalized spacial score (nSPS) is 31.1. The highest BCUT2D eigenvalue weighted by Crippen LogP contribution is 2.39. The van der Waals surface area contributed by atoms with E-state index in [-0.39, 0.29) is 6.04 Å². The summed E-state index contributed by atoms with van der Waals surface area (Å²) >= 11 is 0. The number of benzene rings is 1. The standard InChI is InChI=1S/C17H22N4O/c1-12-4-2-3-5-15(12)13-8-14(9-13)19-16-10-22-11-17(16)21-7-6-18-20-21/h2-7,13-14,16-17,19H,8-11H2,1H3/t13?,14?,16-,17+/m0/s1. The van der Waals surface area contributed by atoms with Gasteiger partial charge in [-0.15, -0.1) is 5.10 Å². The molecule has 0 spiro atoms. The summed E-state index contributed by atoms with van der Waals surface area (Å²) in [5, 5.41) is 11.8. The first-order valence-electron chi connectivity index (χ1n) is 8.06. The zero-order valence-corrected chi connectivity index (χ0v) is 12.9. The molecule has 1 aromatic carbocycles. The Labute approximate surface area is 130 Å². The molecule has 4 rings (SSSR count). The largest absolute Gasteiger partial charge is 0.377 e. The average molecular weight is 298 g/mol. The van der Waals surface area contributed by atoms with Gasteiger partial charge in [0.25, 0.3) is 0 Å². The fourth-order valence-corrected chi connectivity index (χ4v) is 3.71. The number of nitrogens with one attached hydrogen (secondary N) is 1. The van der Waals surface area contributed by atoms with E-state index in [1.54, 1.807) is 6.20 Å². The number of hydrogen-bond acceptors (Lipinski definition) is 4. The average Bonchev–Trinajstić information content (AvgIpc) is 3.14. The summed E-state index contributed by atoms with van der Waals surface area (Å²) in [4.78, 5) is 0. The van der Waals surface area contributed by atoms with E-state index >= 15 is 0 Å². The van der Waals surface area contributed by atoms with Gasteiger partial charge in [0.05, 0.1) is 31.5 Å². The van der Waals surface area contributed by atoms with Gasteiger partial charge in [-0.2, -0.15) is 0 Å². The fraction of sp³-hybridized carbons (Fsp3) is 0.529. The van der Waals surface area contributed by atoms with Crippen LogP contribution in [0.3, 0.4) is 0 Å². The smallest absolute Gasteiger partial charge is 0.0945 e. The molecule has 2 aromatic rings. The quantitative estimate of drug-likeness (QED) is 0.939. The third kappa shape index (κ3) is 2.55. The first-order valence-corrected chi connectivity index (χ1v) is 8.06. The molecule has 1 aliphatic carbocycles. The van der Waals surface area contributed by atoms with Crippen LogP contribution in [-0.4, -0.2) is 40.3 Å². The molecule has 1 N–H and O–H groups in total. The van der Waals surface area contributed by atoms with Gasteiger partial charge in [0.2, 0.25) is 0 Å². The second kappa shape index (κ2) is 5.82. The molecule has 2 heterocycles. The maximum Gasteiger partial charge on any atom is 0.0945 e. The predicted molar refractivity (Wildman–Crippen MR) is 83.7 cm³/mol. The minimum absolute atomic E-state index is 0.264. The van der Waals surface area contributed by atoms with Gasteiger partial charge >= 0.3 is 0 Å². The summed E-state index contributed by atoms with van der Waals surface area (Å²) in [6.45, 7) is 3.69. The first-order chi connectivity index (χ1) is 10.8. The van der Waals surface area contributed by atoms with E-state index < -0.39 is 0 Å². The summed E-state index contributed by atoms with van der Waals surface area (Å²) in [6.07, 6.45) is 6.08. The van der Waals surface area contributed by atoms with Crippen LogP contribution in [0.15, 0.2) is 36.7 Å². The van der Waals surface area contributed by atoms with Crippen LogP contribution in [0.1, 0.15) is 35.9 Å². The van der Waals surface area contributed by atoms with Gasteiger partial charge in [-0.3, -0.25) is 0 Å². The number of ether oxygens (including phenoxy) is 1. The molecular formula is C17H22N4O. The molecule has 1 aliphatic heterocycles. The van der Waals surface area contributed by atoms with Crippen molar-refractivity contribution in [3.8, 4) is 0 Å². The summed E-state index contributed by atoms with van der Waals surface area (Å²) in [7, 11) is 0. The van der Waals surface area contributed by atoms with Crippen LogP contribution in [0.2, 0.25) is 0 Å². The second-order valence-electron chi connectivity index (χ2n) is 6.48. The van der Waals surface area contributed by atoms with Crippen LogP contribution in [0.25, 0.3) is 0 Å². The van der Waals surface area contributed by atoms with E-state index in [0.717, 1.165) is 13.2 Å². The van der Waals surface area contributed by atoms with Crippen molar-refractivity contribution in [1.29, 1.82) is 0 Å². The maximum atomic E-state index is 5.64. The lowest BCUT2D eigenvalue weighted by molar-refractivity contribution is 0.177. The third-order valence-corrected chi connectivity index (χ3v) is 5.05. The highest BCUT2D eigenvalue weighted by Gasteiger charge is 2.37. The Kier molecular flexibility index (Phi) is 3.68. The zero-order valence-electron chi connectivity index (χ0n) is 12.9. The first kappa shape index (κ1) is 13.9.